The summed E-state index contributed by atoms with van der Waals surface area (Å²) in [5, 5.41) is 4.42. The Kier molecular flexibility index (Phi) is 7.90. The van der Waals surface area contributed by atoms with Crippen LogP contribution < -0.4 is 4.90 Å². The van der Waals surface area contributed by atoms with Gasteiger partial charge < -0.3 is 9.32 Å². The van der Waals surface area contributed by atoms with E-state index in [1.807, 2.05) is 0 Å². The minimum Gasteiger partial charge on any atom is -0.455 e. The largest absolute Gasteiger partial charge is 0.455 e. The fourth-order valence-electron chi connectivity index (χ4n) is 11.6. The van der Waals surface area contributed by atoms with E-state index in [2.05, 4.69) is 243 Å². The van der Waals surface area contributed by atoms with Crippen molar-refractivity contribution < 1.29 is 4.42 Å². The van der Waals surface area contributed by atoms with Gasteiger partial charge in [0.1, 0.15) is 11.2 Å². The minimum atomic E-state index is -0.563. The summed E-state index contributed by atoms with van der Waals surface area (Å²) in [6.45, 7) is 4.75. The molecule has 0 fully saturated rings. The molecule has 10 aromatic carbocycles. The van der Waals surface area contributed by atoms with E-state index in [-0.39, 0.29) is 5.41 Å². The maximum absolute atomic E-state index is 6.90. The van der Waals surface area contributed by atoms with Gasteiger partial charge in [-0.3, -0.25) is 0 Å². The van der Waals surface area contributed by atoms with Crippen LogP contribution in [-0.4, -0.2) is 0 Å². The second-order valence-corrected chi connectivity index (χ2v) is 17.9. The van der Waals surface area contributed by atoms with Crippen molar-refractivity contribution >= 4 is 49.8 Å². The van der Waals surface area contributed by atoms with Gasteiger partial charge in [0.2, 0.25) is 0 Å². The quantitative estimate of drug-likeness (QED) is 0.166. The Morgan fingerprint density at radius 1 is 0.391 bits per heavy atom. The van der Waals surface area contributed by atoms with E-state index in [0.29, 0.717) is 0 Å². The number of rotatable bonds is 6. The van der Waals surface area contributed by atoms with Crippen LogP contribution in [0, 0.1) is 0 Å². The highest BCUT2D eigenvalue weighted by Crippen LogP contribution is 2.59. The number of benzene rings is 10. The smallest absolute Gasteiger partial charge is 0.144 e. The number of furan rings is 1. The average molecular weight is 818 g/mol. The van der Waals surface area contributed by atoms with Crippen molar-refractivity contribution in [3.8, 4) is 33.4 Å². The van der Waals surface area contributed by atoms with Crippen molar-refractivity contribution in [1.29, 1.82) is 0 Å². The number of hydrogen-bond acceptors (Lipinski definition) is 2. The first-order valence-electron chi connectivity index (χ1n) is 22.3. The molecule has 2 nitrogen and oxygen atoms in total. The third-order valence-electron chi connectivity index (χ3n) is 14.3. The van der Waals surface area contributed by atoms with Gasteiger partial charge >= 0.3 is 0 Å². The van der Waals surface area contributed by atoms with Crippen LogP contribution in [0.3, 0.4) is 0 Å². The van der Waals surface area contributed by atoms with Crippen LogP contribution in [0.2, 0.25) is 0 Å². The van der Waals surface area contributed by atoms with Gasteiger partial charge in [0, 0.05) is 43.9 Å². The lowest BCUT2D eigenvalue weighted by Gasteiger charge is -2.35. The van der Waals surface area contributed by atoms with Gasteiger partial charge in [0.25, 0.3) is 0 Å². The van der Waals surface area contributed by atoms with Gasteiger partial charge in [-0.15, -0.1) is 0 Å². The summed E-state index contributed by atoms with van der Waals surface area (Å²) < 4.78 is 6.90. The number of nitrogens with zero attached hydrogens (tertiary/aromatic N) is 1. The molecule has 11 aromatic rings. The molecule has 1 heterocycles. The topological polar surface area (TPSA) is 16.4 Å². The molecular weight excluding hydrogens is 775 g/mol. The summed E-state index contributed by atoms with van der Waals surface area (Å²) in [6, 6.07) is 82.9. The van der Waals surface area contributed by atoms with Crippen LogP contribution in [0.5, 0.6) is 0 Å². The molecule has 2 aliphatic carbocycles. The Morgan fingerprint density at radius 2 is 0.875 bits per heavy atom. The van der Waals surface area contributed by atoms with E-state index in [1.54, 1.807) is 0 Å². The second-order valence-electron chi connectivity index (χ2n) is 17.9. The first-order chi connectivity index (χ1) is 31.5. The van der Waals surface area contributed by atoms with Crippen molar-refractivity contribution in [3.63, 3.8) is 0 Å². The van der Waals surface area contributed by atoms with E-state index in [0.717, 1.165) is 60.9 Å². The Labute approximate surface area is 373 Å². The van der Waals surface area contributed by atoms with E-state index >= 15 is 0 Å². The van der Waals surface area contributed by atoms with Gasteiger partial charge in [-0.2, -0.15) is 0 Å². The van der Waals surface area contributed by atoms with Gasteiger partial charge in [0.05, 0.1) is 11.1 Å². The molecule has 0 bridgehead atoms. The molecule has 2 heteroatoms. The molecule has 0 saturated carbocycles. The molecule has 0 unspecified atom stereocenters. The standard InChI is InChI=1S/C62H43NO/c1-61(2)52-31-17-14-26-45(52)47-36-34-43(38-54(47)61)63(59-49-28-12-13-29-50(49)60-58(51-30-16-19-33-56(51)64-60)57(59)40-20-6-3-7-21-40)44-35-37-48-46-27-15-18-32-53(46)62(55(48)39-44,41-22-8-4-9-23-41)42-24-10-5-11-25-42/h3-39H,1-2H3. The zero-order valence-corrected chi connectivity index (χ0v) is 35.7. The summed E-state index contributed by atoms with van der Waals surface area (Å²) in [5.41, 5.74) is 19.5. The molecule has 1 aromatic heterocycles. The number of hydrogen-bond donors (Lipinski definition) is 0. The number of para-hydroxylation sites is 1. The van der Waals surface area contributed by atoms with Crippen LogP contribution in [-0.2, 0) is 10.8 Å². The van der Waals surface area contributed by atoms with Crippen LogP contribution in [0.15, 0.2) is 229 Å². The SMILES string of the molecule is CC1(C)c2ccccc2-c2ccc(N(c3ccc4c(c3)C(c3ccccc3)(c3ccccc3)c3ccccc3-4)c3c(-c4ccccc4)c4c5ccccc5oc4c4ccccc34)cc21. The number of fused-ring (bicyclic) bond motifs is 11. The average Bonchev–Trinajstić information content (AvgIpc) is 3.96. The third-order valence-corrected chi connectivity index (χ3v) is 14.3. The molecule has 0 spiro atoms. The highest BCUT2D eigenvalue weighted by molar-refractivity contribution is 6.27. The predicted molar refractivity (Wildman–Crippen MR) is 266 cm³/mol. The van der Waals surface area contributed by atoms with Gasteiger partial charge in [-0.25, -0.2) is 0 Å². The molecule has 0 amide bonds. The van der Waals surface area contributed by atoms with Gasteiger partial charge in [-0.1, -0.05) is 208 Å². The third kappa shape index (κ3) is 5.02. The zero-order valence-electron chi connectivity index (χ0n) is 35.7. The maximum atomic E-state index is 6.90. The van der Waals surface area contributed by atoms with Crippen LogP contribution >= 0.6 is 0 Å². The fraction of sp³-hybridized carbons (Fsp3) is 0.0645. The van der Waals surface area contributed by atoms with E-state index in [9.17, 15) is 0 Å². The van der Waals surface area contributed by atoms with Crippen LogP contribution in [0.25, 0.3) is 66.1 Å². The summed E-state index contributed by atoms with van der Waals surface area (Å²) in [5.74, 6) is 0. The van der Waals surface area contributed by atoms with Crippen LogP contribution in [0.1, 0.15) is 47.2 Å². The molecule has 0 N–H and O–H groups in total. The van der Waals surface area contributed by atoms with Crippen molar-refractivity contribution in [3.05, 3.63) is 258 Å². The van der Waals surface area contributed by atoms with Crippen molar-refractivity contribution in [2.75, 3.05) is 4.90 Å². The Hall–Kier alpha value is -7.94. The van der Waals surface area contributed by atoms with Crippen molar-refractivity contribution in [2.24, 2.45) is 0 Å². The molecule has 302 valence electrons. The lowest BCUT2D eigenvalue weighted by molar-refractivity contribution is 0.660. The fourth-order valence-corrected chi connectivity index (χ4v) is 11.6. The molecule has 0 radical (unpaired) electrons. The lowest BCUT2D eigenvalue weighted by atomic mass is 9.67. The molecule has 64 heavy (non-hydrogen) atoms. The van der Waals surface area contributed by atoms with E-state index in [1.165, 1.54) is 55.6 Å². The first-order valence-corrected chi connectivity index (χ1v) is 22.3. The summed E-state index contributed by atoms with van der Waals surface area (Å²) >= 11 is 0. The normalized spacial score (nSPS) is 14.0. The lowest BCUT2D eigenvalue weighted by Crippen LogP contribution is -2.28. The molecule has 0 saturated heterocycles. The van der Waals surface area contributed by atoms with Gasteiger partial charge in [-0.05, 0) is 91.5 Å². The molecule has 0 aliphatic heterocycles. The zero-order chi connectivity index (χ0) is 42.6. The van der Waals surface area contributed by atoms with Gasteiger partial charge in [0.15, 0.2) is 0 Å². The highest BCUT2D eigenvalue weighted by Gasteiger charge is 2.46. The summed E-state index contributed by atoms with van der Waals surface area (Å²) in [6.07, 6.45) is 0. The monoisotopic (exact) mass is 817 g/mol. The Morgan fingerprint density at radius 3 is 1.55 bits per heavy atom. The molecule has 13 rings (SSSR count). The number of anilines is 3. The van der Waals surface area contributed by atoms with Crippen molar-refractivity contribution in [2.45, 2.75) is 24.7 Å². The molecule has 2 aliphatic rings. The second kappa shape index (κ2) is 13.8. The molecule has 0 atom stereocenters. The Balaban J connectivity index is 1.19. The summed E-state index contributed by atoms with van der Waals surface area (Å²) in [7, 11) is 0. The van der Waals surface area contributed by atoms with Crippen molar-refractivity contribution in [1.82, 2.24) is 0 Å². The van der Waals surface area contributed by atoms with E-state index < -0.39 is 5.41 Å². The predicted octanol–water partition coefficient (Wildman–Crippen LogP) is 16.5. The Bertz CT molecular complexity index is 3600. The summed E-state index contributed by atoms with van der Waals surface area (Å²) in [4.78, 5) is 2.56. The highest BCUT2D eigenvalue weighted by atomic mass is 16.3. The maximum Gasteiger partial charge on any atom is 0.144 e. The first kappa shape index (κ1) is 36.7. The minimum absolute atomic E-state index is 0.196. The molecular formula is C62H43NO. The van der Waals surface area contributed by atoms with E-state index in [4.69, 9.17) is 4.42 Å². The van der Waals surface area contributed by atoms with Crippen LogP contribution in [0.4, 0.5) is 17.1 Å².